The van der Waals surface area contributed by atoms with Crippen LogP contribution in [-0.2, 0) is 16.1 Å². The quantitative estimate of drug-likeness (QED) is 0.755. The van der Waals surface area contributed by atoms with Crippen LogP contribution in [0.5, 0.6) is 11.5 Å². The van der Waals surface area contributed by atoms with Gasteiger partial charge in [0.25, 0.3) is 5.91 Å². The Morgan fingerprint density at radius 1 is 0.967 bits per heavy atom. The van der Waals surface area contributed by atoms with Crippen molar-refractivity contribution < 1.29 is 19.0 Å². The van der Waals surface area contributed by atoms with E-state index < -0.39 is 5.60 Å². The number of para-hydroxylation sites is 1. The summed E-state index contributed by atoms with van der Waals surface area (Å²) in [4.78, 5) is 17.9. The fraction of sp³-hybridized carbons (Fsp3) is 0.458. The van der Waals surface area contributed by atoms with Gasteiger partial charge in [-0.25, -0.2) is 0 Å². The van der Waals surface area contributed by atoms with Crippen molar-refractivity contribution in [3.05, 3.63) is 54.1 Å². The van der Waals surface area contributed by atoms with E-state index in [9.17, 15) is 4.79 Å². The van der Waals surface area contributed by atoms with Gasteiger partial charge in [0.15, 0.2) is 5.60 Å². The Kier molecular flexibility index (Phi) is 6.25. The maximum absolute atomic E-state index is 13.7. The van der Waals surface area contributed by atoms with Crippen molar-refractivity contribution in [2.75, 3.05) is 45.4 Å². The Morgan fingerprint density at radius 3 is 2.40 bits per heavy atom. The Balaban J connectivity index is 1.59. The molecule has 6 nitrogen and oxygen atoms in total. The summed E-state index contributed by atoms with van der Waals surface area (Å²) in [5, 5.41) is 0. The fourth-order valence-corrected chi connectivity index (χ4v) is 4.57. The summed E-state index contributed by atoms with van der Waals surface area (Å²) >= 11 is 0. The number of rotatable bonds is 5. The number of ether oxygens (including phenoxy) is 3. The summed E-state index contributed by atoms with van der Waals surface area (Å²) < 4.78 is 17.4. The monoisotopic (exact) mass is 410 g/mol. The first-order chi connectivity index (χ1) is 14.7. The average Bonchev–Trinajstić information content (AvgIpc) is 2.94. The molecular formula is C24H30N2O4. The zero-order chi connectivity index (χ0) is 21.0. The fourth-order valence-electron chi connectivity index (χ4n) is 4.57. The summed E-state index contributed by atoms with van der Waals surface area (Å²) in [6, 6.07) is 15.7. The van der Waals surface area contributed by atoms with Crippen molar-refractivity contribution in [3.8, 4) is 11.5 Å². The summed E-state index contributed by atoms with van der Waals surface area (Å²) in [6.07, 6.45) is 2.70. The highest BCUT2D eigenvalue weighted by atomic mass is 16.5. The molecule has 1 unspecified atom stereocenters. The first kappa shape index (κ1) is 20.7. The van der Waals surface area contributed by atoms with E-state index in [1.807, 2.05) is 53.4 Å². The molecule has 2 fully saturated rings. The topological polar surface area (TPSA) is 51.2 Å². The summed E-state index contributed by atoms with van der Waals surface area (Å²) in [5.41, 5.74) is 1.14. The normalized spacial score (nSPS) is 22.7. The van der Waals surface area contributed by atoms with Gasteiger partial charge in [-0.05, 0) is 43.5 Å². The van der Waals surface area contributed by atoms with Crippen molar-refractivity contribution in [3.63, 3.8) is 0 Å². The lowest BCUT2D eigenvalue weighted by atomic mass is 9.93. The number of morpholine rings is 1. The van der Waals surface area contributed by atoms with Crippen molar-refractivity contribution >= 4 is 11.6 Å². The molecule has 1 atom stereocenters. The molecule has 6 heteroatoms. The number of carbonyl (C=O) groups excluding carboxylic acids is 1. The number of carbonyl (C=O) groups is 1. The minimum Gasteiger partial charge on any atom is -0.496 e. The van der Waals surface area contributed by atoms with Crippen LogP contribution in [0.2, 0.25) is 0 Å². The summed E-state index contributed by atoms with van der Waals surface area (Å²) in [6.45, 7) is 3.25. The number of hydrogen-bond acceptors (Lipinski definition) is 5. The average molecular weight is 411 g/mol. The standard InChI is InChI=1S/C24H30N2O4/c1-28-21-11-8-12-22(29-2)20(21)17-25-15-16-30-24(18-25)13-6-7-14-26(23(24)27)19-9-4-3-5-10-19/h3-5,8-12H,6-7,13-18H2,1-2H3. The van der Waals surface area contributed by atoms with Crippen molar-refractivity contribution in [1.82, 2.24) is 4.90 Å². The minimum atomic E-state index is -0.806. The molecule has 0 N–H and O–H groups in total. The van der Waals surface area contributed by atoms with E-state index in [0.717, 1.165) is 55.1 Å². The molecule has 30 heavy (non-hydrogen) atoms. The molecule has 2 aliphatic heterocycles. The molecule has 2 aromatic rings. The van der Waals surface area contributed by atoms with Crippen LogP contribution >= 0.6 is 0 Å². The van der Waals surface area contributed by atoms with E-state index in [4.69, 9.17) is 14.2 Å². The van der Waals surface area contributed by atoms with E-state index in [0.29, 0.717) is 19.7 Å². The van der Waals surface area contributed by atoms with Crippen LogP contribution in [0.3, 0.4) is 0 Å². The number of benzene rings is 2. The Labute approximate surface area is 178 Å². The third kappa shape index (κ3) is 4.02. The molecule has 1 spiro atoms. The lowest BCUT2D eigenvalue weighted by molar-refractivity contribution is -0.158. The van der Waals surface area contributed by atoms with Crippen molar-refractivity contribution in [2.45, 2.75) is 31.4 Å². The molecule has 0 bridgehead atoms. The highest BCUT2D eigenvalue weighted by Crippen LogP contribution is 2.35. The zero-order valence-electron chi connectivity index (χ0n) is 17.8. The van der Waals surface area contributed by atoms with E-state index in [-0.39, 0.29) is 5.91 Å². The SMILES string of the molecule is COc1cccc(OC)c1CN1CCOC2(CCCCN(c3ccccc3)C2=O)C1. The maximum Gasteiger partial charge on any atom is 0.260 e. The van der Waals surface area contributed by atoms with Crippen molar-refractivity contribution in [1.29, 1.82) is 0 Å². The van der Waals surface area contributed by atoms with E-state index >= 15 is 0 Å². The third-order valence-corrected chi connectivity index (χ3v) is 6.09. The van der Waals surface area contributed by atoms with Crippen LogP contribution in [0.15, 0.2) is 48.5 Å². The number of methoxy groups -OCH3 is 2. The molecule has 0 aliphatic carbocycles. The molecule has 1 amide bonds. The zero-order valence-corrected chi connectivity index (χ0v) is 17.8. The maximum atomic E-state index is 13.7. The predicted octanol–water partition coefficient (Wildman–Crippen LogP) is 3.49. The summed E-state index contributed by atoms with van der Waals surface area (Å²) in [7, 11) is 3.34. The molecule has 0 aromatic heterocycles. The van der Waals surface area contributed by atoms with Crippen LogP contribution in [-0.4, -0.2) is 56.9 Å². The van der Waals surface area contributed by atoms with Gasteiger partial charge in [-0.15, -0.1) is 0 Å². The smallest absolute Gasteiger partial charge is 0.260 e. The van der Waals surface area contributed by atoms with Crippen LogP contribution in [0, 0.1) is 0 Å². The van der Waals surface area contributed by atoms with Gasteiger partial charge >= 0.3 is 0 Å². The van der Waals surface area contributed by atoms with Crippen LogP contribution in [0.25, 0.3) is 0 Å². The first-order valence-electron chi connectivity index (χ1n) is 10.6. The van der Waals surface area contributed by atoms with E-state index in [1.165, 1.54) is 0 Å². The van der Waals surface area contributed by atoms with Crippen LogP contribution < -0.4 is 14.4 Å². The van der Waals surface area contributed by atoms with Gasteiger partial charge in [-0.3, -0.25) is 9.69 Å². The van der Waals surface area contributed by atoms with Crippen molar-refractivity contribution in [2.24, 2.45) is 0 Å². The van der Waals surface area contributed by atoms with Crippen LogP contribution in [0.1, 0.15) is 24.8 Å². The number of hydrogen-bond donors (Lipinski definition) is 0. The third-order valence-electron chi connectivity index (χ3n) is 6.09. The molecule has 0 saturated carbocycles. The lowest BCUT2D eigenvalue weighted by Crippen LogP contribution is -2.59. The Morgan fingerprint density at radius 2 is 1.70 bits per heavy atom. The van der Waals surface area contributed by atoms with Gasteiger partial charge in [-0.1, -0.05) is 24.3 Å². The molecule has 2 aromatic carbocycles. The minimum absolute atomic E-state index is 0.0721. The van der Waals surface area contributed by atoms with Gasteiger partial charge in [0.2, 0.25) is 0 Å². The van der Waals surface area contributed by atoms with Gasteiger partial charge in [0.1, 0.15) is 11.5 Å². The van der Waals surface area contributed by atoms with E-state index in [2.05, 4.69) is 4.90 Å². The highest BCUT2D eigenvalue weighted by Gasteiger charge is 2.47. The van der Waals surface area contributed by atoms with Gasteiger partial charge in [0.05, 0.1) is 26.4 Å². The first-order valence-corrected chi connectivity index (χ1v) is 10.6. The molecule has 2 saturated heterocycles. The molecule has 0 radical (unpaired) electrons. The second kappa shape index (κ2) is 9.06. The lowest BCUT2D eigenvalue weighted by Gasteiger charge is -2.43. The molecule has 2 heterocycles. The number of anilines is 1. The van der Waals surface area contributed by atoms with Gasteiger partial charge in [-0.2, -0.15) is 0 Å². The molecule has 4 rings (SSSR count). The Hall–Kier alpha value is -2.57. The second-order valence-electron chi connectivity index (χ2n) is 7.94. The van der Waals surface area contributed by atoms with E-state index in [1.54, 1.807) is 14.2 Å². The molecular weight excluding hydrogens is 380 g/mol. The number of amides is 1. The largest absolute Gasteiger partial charge is 0.496 e. The second-order valence-corrected chi connectivity index (χ2v) is 7.94. The van der Waals surface area contributed by atoms with Gasteiger partial charge < -0.3 is 19.1 Å². The number of nitrogens with zero attached hydrogens (tertiary/aromatic N) is 2. The Bertz CT molecular complexity index is 851. The predicted molar refractivity (Wildman–Crippen MR) is 116 cm³/mol. The van der Waals surface area contributed by atoms with Gasteiger partial charge in [0, 0.05) is 31.9 Å². The molecule has 160 valence electrons. The molecule has 2 aliphatic rings. The highest BCUT2D eigenvalue weighted by molar-refractivity contribution is 6.00. The van der Waals surface area contributed by atoms with Crippen LogP contribution in [0.4, 0.5) is 5.69 Å². The summed E-state index contributed by atoms with van der Waals surface area (Å²) in [5.74, 6) is 1.67.